The lowest BCUT2D eigenvalue weighted by Gasteiger charge is -2.44. The van der Waals surface area contributed by atoms with Gasteiger partial charge in [0.2, 0.25) is 0 Å². The van der Waals surface area contributed by atoms with Crippen LogP contribution in [0.25, 0.3) is 0 Å². The van der Waals surface area contributed by atoms with Crippen LogP contribution in [0.15, 0.2) is 0 Å². The zero-order valence-electron chi connectivity index (χ0n) is 10.2. The average molecular weight is 227 g/mol. The Hall–Kier alpha value is -0.120. The van der Waals surface area contributed by atoms with Crippen molar-refractivity contribution in [2.45, 2.75) is 63.0 Å². The van der Waals surface area contributed by atoms with Gasteiger partial charge in [-0.3, -0.25) is 4.90 Å². The van der Waals surface area contributed by atoms with Crippen LogP contribution in [0.3, 0.4) is 0 Å². The van der Waals surface area contributed by atoms with Gasteiger partial charge in [-0.05, 0) is 32.1 Å². The van der Waals surface area contributed by atoms with Crippen LogP contribution in [-0.4, -0.2) is 46.5 Å². The van der Waals surface area contributed by atoms with Crippen LogP contribution in [0.4, 0.5) is 0 Å². The number of aliphatic hydroxyl groups is 2. The number of hydrogen-bond acceptors (Lipinski definition) is 3. The van der Waals surface area contributed by atoms with Crippen molar-refractivity contribution in [1.29, 1.82) is 0 Å². The van der Waals surface area contributed by atoms with Crippen molar-refractivity contribution in [2.24, 2.45) is 0 Å². The largest absolute Gasteiger partial charge is 0.395 e. The molecule has 3 nitrogen and oxygen atoms in total. The summed E-state index contributed by atoms with van der Waals surface area (Å²) >= 11 is 0. The third-order valence-electron chi connectivity index (χ3n) is 4.26. The van der Waals surface area contributed by atoms with E-state index in [0.717, 1.165) is 32.4 Å². The first-order valence-corrected chi connectivity index (χ1v) is 6.81. The second-order valence-corrected chi connectivity index (χ2v) is 5.56. The van der Waals surface area contributed by atoms with Crippen molar-refractivity contribution in [3.05, 3.63) is 0 Å². The summed E-state index contributed by atoms with van der Waals surface area (Å²) in [5, 5.41) is 19.3. The van der Waals surface area contributed by atoms with E-state index in [4.69, 9.17) is 5.11 Å². The molecule has 0 radical (unpaired) electrons. The summed E-state index contributed by atoms with van der Waals surface area (Å²) in [5.41, 5.74) is -0.438. The fourth-order valence-corrected chi connectivity index (χ4v) is 3.09. The molecule has 0 amide bonds. The van der Waals surface area contributed by atoms with Crippen LogP contribution in [0.5, 0.6) is 0 Å². The SMILES string of the molecule is OCCN(CC1(O)CCC1)C1CCCCC1. The molecule has 0 spiro atoms. The van der Waals surface area contributed by atoms with Crippen LogP contribution in [0.1, 0.15) is 51.4 Å². The molecule has 0 heterocycles. The van der Waals surface area contributed by atoms with Crippen LogP contribution in [0, 0.1) is 0 Å². The van der Waals surface area contributed by atoms with Crippen molar-refractivity contribution < 1.29 is 10.2 Å². The lowest BCUT2D eigenvalue weighted by atomic mass is 9.79. The lowest BCUT2D eigenvalue weighted by molar-refractivity contribution is -0.0715. The van der Waals surface area contributed by atoms with E-state index in [2.05, 4.69) is 4.90 Å². The van der Waals surface area contributed by atoms with Gasteiger partial charge < -0.3 is 10.2 Å². The Morgan fingerprint density at radius 1 is 1.06 bits per heavy atom. The molecule has 0 atom stereocenters. The number of aliphatic hydroxyl groups excluding tert-OH is 1. The van der Waals surface area contributed by atoms with Gasteiger partial charge in [-0.25, -0.2) is 0 Å². The summed E-state index contributed by atoms with van der Waals surface area (Å²) in [6.45, 7) is 1.72. The van der Waals surface area contributed by atoms with Crippen LogP contribution in [0.2, 0.25) is 0 Å². The van der Waals surface area contributed by atoms with E-state index >= 15 is 0 Å². The summed E-state index contributed by atoms with van der Waals surface area (Å²) in [4.78, 5) is 2.33. The van der Waals surface area contributed by atoms with Crippen LogP contribution in [-0.2, 0) is 0 Å². The second kappa shape index (κ2) is 5.48. The average Bonchev–Trinajstić information content (AvgIpc) is 2.27. The van der Waals surface area contributed by atoms with Gasteiger partial charge in [0.25, 0.3) is 0 Å². The fourth-order valence-electron chi connectivity index (χ4n) is 3.09. The van der Waals surface area contributed by atoms with Crippen LogP contribution >= 0.6 is 0 Å². The fraction of sp³-hybridized carbons (Fsp3) is 1.00. The van der Waals surface area contributed by atoms with E-state index in [0.29, 0.717) is 6.04 Å². The number of nitrogens with zero attached hydrogens (tertiary/aromatic N) is 1. The molecule has 0 aromatic rings. The summed E-state index contributed by atoms with van der Waals surface area (Å²) in [5.74, 6) is 0. The highest BCUT2D eigenvalue weighted by atomic mass is 16.3. The Balaban J connectivity index is 1.87. The molecule has 0 aromatic heterocycles. The van der Waals surface area contributed by atoms with Gasteiger partial charge in [-0.1, -0.05) is 19.3 Å². The van der Waals surface area contributed by atoms with Gasteiger partial charge in [0, 0.05) is 19.1 Å². The number of hydrogen-bond donors (Lipinski definition) is 2. The maximum Gasteiger partial charge on any atom is 0.0774 e. The minimum absolute atomic E-state index is 0.215. The van der Waals surface area contributed by atoms with E-state index < -0.39 is 5.60 Å². The first kappa shape index (κ1) is 12.3. The normalized spacial score (nSPS) is 25.7. The van der Waals surface area contributed by atoms with Gasteiger partial charge in [0.1, 0.15) is 0 Å². The van der Waals surface area contributed by atoms with Crippen molar-refractivity contribution in [1.82, 2.24) is 4.90 Å². The van der Waals surface area contributed by atoms with Gasteiger partial charge in [0.05, 0.1) is 12.2 Å². The van der Waals surface area contributed by atoms with Crippen molar-refractivity contribution >= 4 is 0 Å². The van der Waals surface area contributed by atoms with Gasteiger partial charge in [-0.15, -0.1) is 0 Å². The molecule has 0 unspecified atom stereocenters. The van der Waals surface area contributed by atoms with Gasteiger partial charge >= 0.3 is 0 Å². The zero-order chi connectivity index (χ0) is 11.4. The molecule has 2 rings (SSSR count). The highest BCUT2D eigenvalue weighted by molar-refractivity contribution is 4.92. The molecule has 2 saturated carbocycles. The maximum atomic E-state index is 10.2. The van der Waals surface area contributed by atoms with E-state index in [1.165, 1.54) is 32.1 Å². The predicted molar refractivity (Wildman–Crippen MR) is 64.3 cm³/mol. The molecule has 0 aliphatic heterocycles. The summed E-state index contributed by atoms with van der Waals surface area (Å²) < 4.78 is 0. The maximum absolute atomic E-state index is 10.2. The van der Waals surface area contributed by atoms with E-state index in [9.17, 15) is 5.11 Å². The molecular formula is C13H25NO2. The Morgan fingerprint density at radius 3 is 2.25 bits per heavy atom. The molecule has 2 N–H and O–H groups in total. The predicted octanol–water partition coefficient (Wildman–Crippen LogP) is 1.53. The third kappa shape index (κ3) is 2.96. The molecule has 94 valence electrons. The summed E-state index contributed by atoms with van der Waals surface area (Å²) in [6.07, 6.45) is 9.52. The summed E-state index contributed by atoms with van der Waals surface area (Å²) in [6, 6.07) is 0.602. The van der Waals surface area contributed by atoms with Crippen molar-refractivity contribution in [3.8, 4) is 0 Å². The molecule has 0 bridgehead atoms. The minimum Gasteiger partial charge on any atom is -0.395 e. The molecule has 2 fully saturated rings. The van der Waals surface area contributed by atoms with E-state index in [1.807, 2.05) is 0 Å². The molecule has 0 aromatic carbocycles. The molecule has 2 aliphatic carbocycles. The monoisotopic (exact) mass is 227 g/mol. The molecule has 16 heavy (non-hydrogen) atoms. The van der Waals surface area contributed by atoms with E-state index in [1.54, 1.807) is 0 Å². The number of rotatable bonds is 5. The molecule has 3 heteroatoms. The van der Waals surface area contributed by atoms with Gasteiger partial charge in [0.15, 0.2) is 0 Å². The minimum atomic E-state index is -0.438. The van der Waals surface area contributed by atoms with Crippen LogP contribution < -0.4 is 0 Å². The standard InChI is InChI=1S/C13H25NO2/c15-10-9-14(11-13(16)7-4-8-13)12-5-2-1-3-6-12/h12,15-16H,1-11H2. The van der Waals surface area contributed by atoms with Crippen molar-refractivity contribution in [2.75, 3.05) is 19.7 Å². The highest BCUT2D eigenvalue weighted by Crippen LogP contribution is 2.34. The third-order valence-corrected chi connectivity index (χ3v) is 4.26. The Bertz CT molecular complexity index is 210. The Labute approximate surface area is 98.5 Å². The second-order valence-electron chi connectivity index (χ2n) is 5.56. The Kier molecular flexibility index (Phi) is 4.22. The van der Waals surface area contributed by atoms with Crippen molar-refractivity contribution in [3.63, 3.8) is 0 Å². The lowest BCUT2D eigenvalue weighted by Crippen LogP contribution is -2.52. The highest BCUT2D eigenvalue weighted by Gasteiger charge is 2.37. The first-order chi connectivity index (χ1) is 7.73. The zero-order valence-corrected chi connectivity index (χ0v) is 10.2. The summed E-state index contributed by atoms with van der Waals surface area (Å²) in [7, 11) is 0. The quantitative estimate of drug-likeness (QED) is 0.748. The smallest absolute Gasteiger partial charge is 0.0774 e. The van der Waals surface area contributed by atoms with Gasteiger partial charge in [-0.2, -0.15) is 0 Å². The first-order valence-electron chi connectivity index (χ1n) is 6.81. The molecular weight excluding hydrogens is 202 g/mol. The van der Waals surface area contributed by atoms with E-state index in [-0.39, 0.29) is 6.61 Å². The molecule has 2 aliphatic rings. The Morgan fingerprint density at radius 2 is 1.75 bits per heavy atom. The molecule has 0 saturated heterocycles. The topological polar surface area (TPSA) is 43.7 Å².